The molecule has 0 saturated carbocycles. The average Bonchev–Trinajstić information content (AvgIpc) is 2.61. The third kappa shape index (κ3) is 3.46. The molecule has 1 N–H and O–H groups in total. The first kappa shape index (κ1) is 17.3. The summed E-state index contributed by atoms with van der Waals surface area (Å²) in [5.74, 6) is 0.574. The maximum Gasteiger partial charge on any atom is 0.262 e. The Kier molecular flexibility index (Phi) is 4.67. The predicted octanol–water partition coefficient (Wildman–Crippen LogP) is 2.80. The molecule has 7 heteroatoms. The minimum atomic E-state index is -3.71. The highest BCUT2D eigenvalue weighted by atomic mass is 32.2. The number of methoxy groups -OCH3 is 1. The highest BCUT2D eigenvalue weighted by Crippen LogP contribution is 2.31. The average molecular weight is 360 g/mol. The lowest BCUT2D eigenvalue weighted by Gasteiger charge is -2.28. The van der Waals surface area contributed by atoms with Crippen molar-refractivity contribution in [1.82, 2.24) is 0 Å². The van der Waals surface area contributed by atoms with Crippen molar-refractivity contribution in [1.29, 1.82) is 0 Å². The minimum Gasteiger partial charge on any atom is -0.497 e. The third-order valence-electron chi connectivity index (χ3n) is 4.20. The number of anilines is 2. The normalized spacial score (nSPS) is 14.2. The molecule has 1 aliphatic rings. The molecule has 0 aliphatic carbocycles. The van der Waals surface area contributed by atoms with E-state index in [1.54, 1.807) is 35.2 Å². The molecule has 25 heavy (non-hydrogen) atoms. The zero-order chi connectivity index (χ0) is 18.0. The van der Waals surface area contributed by atoms with Gasteiger partial charge in [-0.15, -0.1) is 0 Å². The second kappa shape index (κ2) is 6.76. The van der Waals surface area contributed by atoms with Gasteiger partial charge in [-0.05, 0) is 49.2 Å². The van der Waals surface area contributed by atoms with Crippen LogP contribution in [-0.2, 0) is 21.2 Å². The molecule has 0 saturated heterocycles. The number of hydrogen-bond donors (Lipinski definition) is 1. The molecular weight excluding hydrogens is 340 g/mol. The molecule has 0 bridgehead atoms. The fraction of sp³-hybridized carbons (Fsp3) is 0.278. The summed E-state index contributed by atoms with van der Waals surface area (Å²) in [5, 5.41) is 0. The van der Waals surface area contributed by atoms with Crippen LogP contribution in [0.15, 0.2) is 47.4 Å². The maximum absolute atomic E-state index is 12.6. The van der Waals surface area contributed by atoms with E-state index in [-0.39, 0.29) is 10.8 Å². The van der Waals surface area contributed by atoms with E-state index in [9.17, 15) is 13.2 Å². The van der Waals surface area contributed by atoms with Gasteiger partial charge in [0.1, 0.15) is 5.75 Å². The van der Waals surface area contributed by atoms with Crippen molar-refractivity contribution in [3.05, 3.63) is 48.0 Å². The summed E-state index contributed by atoms with van der Waals surface area (Å²) in [5.41, 5.74) is 2.29. The Hall–Kier alpha value is -2.54. The summed E-state index contributed by atoms with van der Waals surface area (Å²) >= 11 is 0. The van der Waals surface area contributed by atoms with Gasteiger partial charge in [0.2, 0.25) is 5.91 Å². The van der Waals surface area contributed by atoms with Crippen molar-refractivity contribution < 1.29 is 17.9 Å². The summed E-state index contributed by atoms with van der Waals surface area (Å²) < 4.78 is 32.8. The quantitative estimate of drug-likeness (QED) is 0.890. The van der Waals surface area contributed by atoms with Crippen molar-refractivity contribution in [2.24, 2.45) is 0 Å². The van der Waals surface area contributed by atoms with E-state index in [1.807, 2.05) is 6.92 Å². The van der Waals surface area contributed by atoms with Crippen LogP contribution in [0.25, 0.3) is 0 Å². The molecule has 0 unspecified atom stereocenters. The van der Waals surface area contributed by atoms with Crippen molar-refractivity contribution in [2.45, 2.75) is 24.7 Å². The van der Waals surface area contributed by atoms with Gasteiger partial charge in [0.15, 0.2) is 0 Å². The number of sulfonamides is 1. The Morgan fingerprint density at radius 2 is 1.96 bits per heavy atom. The molecule has 0 aromatic heterocycles. The highest BCUT2D eigenvalue weighted by molar-refractivity contribution is 7.92. The second-order valence-corrected chi connectivity index (χ2v) is 7.45. The predicted molar refractivity (Wildman–Crippen MR) is 96.6 cm³/mol. The molecule has 0 fully saturated rings. The standard InChI is InChI=1S/C18H20N2O4S/c1-3-20-17-9-8-14(11-13(17)7-10-18(20)21)19-25(22,23)16-6-4-5-15(12-16)24-2/h4-6,8-9,11-12,19H,3,7,10H2,1-2H3. The number of ether oxygens (including phenoxy) is 1. The van der Waals surface area contributed by atoms with Crippen LogP contribution < -0.4 is 14.4 Å². The lowest BCUT2D eigenvalue weighted by molar-refractivity contribution is -0.118. The molecular formula is C18H20N2O4S. The van der Waals surface area contributed by atoms with Gasteiger partial charge in [-0.2, -0.15) is 0 Å². The zero-order valence-corrected chi connectivity index (χ0v) is 15.0. The molecule has 1 amide bonds. The van der Waals surface area contributed by atoms with Gasteiger partial charge in [-0.25, -0.2) is 8.42 Å². The van der Waals surface area contributed by atoms with Crippen molar-refractivity contribution in [3.63, 3.8) is 0 Å². The monoisotopic (exact) mass is 360 g/mol. The first-order valence-electron chi connectivity index (χ1n) is 8.05. The first-order valence-corrected chi connectivity index (χ1v) is 9.53. The fourth-order valence-electron chi connectivity index (χ4n) is 2.95. The number of nitrogens with one attached hydrogen (secondary N) is 1. The van der Waals surface area contributed by atoms with E-state index in [0.29, 0.717) is 30.8 Å². The van der Waals surface area contributed by atoms with Crippen LogP contribution in [0.3, 0.4) is 0 Å². The highest BCUT2D eigenvalue weighted by Gasteiger charge is 2.23. The van der Waals surface area contributed by atoms with Crippen LogP contribution in [0.1, 0.15) is 18.9 Å². The molecule has 2 aromatic carbocycles. The van der Waals surface area contributed by atoms with Gasteiger partial charge in [-0.3, -0.25) is 9.52 Å². The van der Waals surface area contributed by atoms with E-state index >= 15 is 0 Å². The Labute approximate surface area is 147 Å². The molecule has 0 atom stereocenters. The van der Waals surface area contributed by atoms with E-state index in [4.69, 9.17) is 4.74 Å². The lowest BCUT2D eigenvalue weighted by Crippen LogP contribution is -2.34. The topological polar surface area (TPSA) is 75.7 Å². The summed E-state index contributed by atoms with van der Waals surface area (Å²) in [4.78, 5) is 13.8. The van der Waals surface area contributed by atoms with Crippen molar-refractivity contribution >= 4 is 27.3 Å². The van der Waals surface area contributed by atoms with Gasteiger partial charge < -0.3 is 9.64 Å². The van der Waals surface area contributed by atoms with Gasteiger partial charge in [0, 0.05) is 30.4 Å². The summed E-state index contributed by atoms with van der Waals surface area (Å²) in [7, 11) is -2.22. The molecule has 1 heterocycles. The number of hydrogen-bond acceptors (Lipinski definition) is 4. The summed E-state index contributed by atoms with van der Waals surface area (Å²) in [6.45, 7) is 2.52. The van der Waals surface area contributed by atoms with E-state index in [2.05, 4.69) is 4.72 Å². The van der Waals surface area contributed by atoms with Gasteiger partial charge in [0.25, 0.3) is 10.0 Å². The molecule has 6 nitrogen and oxygen atoms in total. The SMILES string of the molecule is CCN1C(=O)CCc2cc(NS(=O)(=O)c3cccc(OC)c3)ccc21. The third-order valence-corrected chi connectivity index (χ3v) is 5.58. The largest absolute Gasteiger partial charge is 0.497 e. The molecule has 2 aromatic rings. The number of amides is 1. The Morgan fingerprint density at radius 3 is 2.68 bits per heavy atom. The van der Waals surface area contributed by atoms with Crippen LogP contribution in [0, 0.1) is 0 Å². The van der Waals surface area contributed by atoms with Gasteiger partial charge >= 0.3 is 0 Å². The Balaban J connectivity index is 1.89. The van der Waals surface area contributed by atoms with Gasteiger partial charge in [0.05, 0.1) is 12.0 Å². The van der Waals surface area contributed by atoms with Crippen LogP contribution in [0.5, 0.6) is 5.75 Å². The van der Waals surface area contributed by atoms with E-state index in [0.717, 1.165) is 11.3 Å². The molecule has 1 aliphatic heterocycles. The summed E-state index contributed by atoms with van der Waals surface area (Å²) in [6, 6.07) is 11.6. The van der Waals surface area contributed by atoms with Crippen LogP contribution in [-0.4, -0.2) is 28.0 Å². The van der Waals surface area contributed by atoms with Gasteiger partial charge in [-0.1, -0.05) is 6.07 Å². The van der Waals surface area contributed by atoms with E-state index < -0.39 is 10.0 Å². The Bertz CT molecular complexity index is 909. The lowest BCUT2D eigenvalue weighted by atomic mass is 10.0. The van der Waals surface area contributed by atoms with Crippen molar-refractivity contribution in [3.8, 4) is 5.75 Å². The fourth-order valence-corrected chi connectivity index (χ4v) is 4.04. The number of carbonyl (C=O) groups is 1. The molecule has 0 spiro atoms. The minimum absolute atomic E-state index is 0.0970. The van der Waals surface area contributed by atoms with Crippen LogP contribution >= 0.6 is 0 Å². The number of fused-ring (bicyclic) bond motifs is 1. The Morgan fingerprint density at radius 1 is 1.16 bits per heavy atom. The first-order chi connectivity index (χ1) is 11.9. The molecule has 3 rings (SSSR count). The zero-order valence-electron chi connectivity index (χ0n) is 14.2. The van der Waals surface area contributed by atoms with Crippen LogP contribution in [0.2, 0.25) is 0 Å². The summed E-state index contributed by atoms with van der Waals surface area (Å²) in [6.07, 6.45) is 1.05. The maximum atomic E-state index is 12.6. The molecule has 132 valence electrons. The number of nitrogens with zero attached hydrogens (tertiary/aromatic N) is 1. The van der Waals surface area contributed by atoms with Crippen LogP contribution in [0.4, 0.5) is 11.4 Å². The molecule has 0 radical (unpaired) electrons. The van der Waals surface area contributed by atoms with Crippen molar-refractivity contribution in [2.75, 3.05) is 23.3 Å². The number of aryl methyl sites for hydroxylation is 1. The second-order valence-electron chi connectivity index (χ2n) is 5.77. The number of rotatable bonds is 5. The number of benzene rings is 2. The number of carbonyl (C=O) groups excluding carboxylic acids is 1. The smallest absolute Gasteiger partial charge is 0.262 e. The van der Waals surface area contributed by atoms with E-state index in [1.165, 1.54) is 19.2 Å².